The van der Waals surface area contributed by atoms with Crippen molar-refractivity contribution in [3.63, 3.8) is 0 Å². The van der Waals surface area contributed by atoms with E-state index in [9.17, 15) is 14.3 Å². The van der Waals surface area contributed by atoms with Crippen molar-refractivity contribution >= 4 is 54.1 Å². The van der Waals surface area contributed by atoms with E-state index in [1.54, 1.807) is 16.8 Å². The van der Waals surface area contributed by atoms with E-state index >= 15 is 0 Å². The second-order valence-electron chi connectivity index (χ2n) is 13.5. The minimum absolute atomic E-state index is 0.115. The molecule has 2 aromatic heterocycles. The number of carboxylic acids is 1. The Morgan fingerprint density at radius 3 is 2.48 bits per heavy atom. The number of rotatable bonds is 7. The molecule has 0 spiro atoms. The maximum absolute atomic E-state index is 14.1. The van der Waals surface area contributed by atoms with E-state index in [1.165, 1.54) is 11.0 Å². The number of alkyl halides is 1. The van der Waals surface area contributed by atoms with Gasteiger partial charge in [-0.25, -0.2) is 14.2 Å². The lowest BCUT2D eigenvalue weighted by atomic mass is 10.0. The van der Waals surface area contributed by atoms with Crippen LogP contribution in [0.15, 0.2) is 42.9 Å². The van der Waals surface area contributed by atoms with E-state index in [0.29, 0.717) is 38.3 Å². The number of hydrogen-bond donors (Lipinski definition) is 1. The standard InChI is InChI=1S/C32H38Cl2FN5O3Si/c1-32(2,3)44(4,5)43-22-10-12-38(13-11-22)21-8-6-19(7-9-21)23-15-25(33)24-17-40(37-28(24)27(23)34)30(31(41)42)29-26-14-20(35)16-39(26)18-36-29/h6-9,15,17-18,20,22,30H,10-14,16H2,1-5H3,(H,41,42)/t20-,30?/m1/s1. The summed E-state index contributed by atoms with van der Waals surface area (Å²) in [4.78, 5) is 19.1. The number of carbonyl (C=O) groups is 1. The highest BCUT2D eigenvalue weighted by Gasteiger charge is 2.40. The molecule has 0 bridgehead atoms. The fourth-order valence-corrected chi connectivity index (χ4v) is 7.99. The highest BCUT2D eigenvalue weighted by atomic mass is 35.5. The zero-order chi connectivity index (χ0) is 31.6. The molecule has 12 heteroatoms. The van der Waals surface area contributed by atoms with E-state index in [0.717, 1.165) is 37.2 Å². The van der Waals surface area contributed by atoms with Crippen LogP contribution in [0.1, 0.15) is 51.0 Å². The molecule has 2 atom stereocenters. The minimum atomic E-state index is -1.79. The quantitative estimate of drug-likeness (QED) is 0.204. The largest absolute Gasteiger partial charge is 0.479 e. The molecule has 2 aliphatic heterocycles. The summed E-state index contributed by atoms with van der Waals surface area (Å²) in [6.45, 7) is 13.5. The van der Waals surface area contributed by atoms with Crippen molar-refractivity contribution in [3.8, 4) is 11.1 Å². The lowest BCUT2D eigenvalue weighted by Gasteiger charge is -2.42. The summed E-state index contributed by atoms with van der Waals surface area (Å²) in [6.07, 6.45) is 4.41. The van der Waals surface area contributed by atoms with E-state index in [1.807, 2.05) is 12.1 Å². The summed E-state index contributed by atoms with van der Waals surface area (Å²) in [5, 5.41) is 16.2. The van der Waals surface area contributed by atoms with Gasteiger partial charge in [0, 0.05) is 54.1 Å². The molecule has 8 nitrogen and oxygen atoms in total. The van der Waals surface area contributed by atoms with Crippen LogP contribution >= 0.6 is 23.2 Å². The lowest BCUT2D eigenvalue weighted by Crippen LogP contribution is -2.47. The first-order valence-electron chi connectivity index (χ1n) is 15.0. The molecule has 0 amide bonds. The molecule has 1 fully saturated rings. The molecule has 44 heavy (non-hydrogen) atoms. The number of benzene rings is 2. The van der Waals surface area contributed by atoms with Crippen LogP contribution < -0.4 is 4.90 Å². The van der Waals surface area contributed by atoms with E-state index in [2.05, 4.69) is 61.0 Å². The maximum Gasteiger partial charge on any atom is 0.334 e. The van der Waals surface area contributed by atoms with Crippen LogP contribution in [0, 0.1) is 0 Å². The molecule has 2 aromatic carbocycles. The third-order valence-corrected chi connectivity index (χ3v) is 14.7. The molecule has 2 aliphatic rings. The Kier molecular flexibility index (Phi) is 8.09. The molecule has 4 heterocycles. The van der Waals surface area contributed by atoms with Gasteiger partial charge in [-0.2, -0.15) is 5.10 Å². The first kappa shape index (κ1) is 31.1. The number of nitrogens with zero attached hydrogens (tertiary/aromatic N) is 5. The number of piperidine rings is 1. The molecule has 1 unspecified atom stereocenters. The van der Waals surface area contributed by atoms with Crippen LogP contribution in [0.4, 0.5) is 10.1 Å². The Morgan fingerprint density at radius 2 is 1.84 bits per heavy atom. The Hall–Kier alpha value is -2.92. The molecule has 6 rings (SSSR count). The van der Waals surface area contributed by atoms with Crippen LogP contribution in [0.3, 0.4) is 0 Å². The van der Waals surface area contributed by atoms with Gasteiger partial charge < -0.3 is 19.0 Å². The fraction of sp³-hybridized carbons (Fsp3) is 0.469. The van der Waals surface area contributed by atoms with Gasteiger partial charge in [-0.05, 0) is 54.7 Å². The molecule has 1 saturated heterocycles. The fourth-order valence-electron chi connectivity index (χ4n) is 6.02. The monoisotopic (exact) mass is 657 g/mol. The van der Waals surface area contributed by atoms with Crippen molar-refractivity contribution in [2.75, 3.05) is 18.0 Å². The van der Waals surface area contributed by atoms with Crippen LogP contribution in [-0.4, -0.2) is 64.1 Å². The average Bonchev–Trinajstić information content (AvgIpc) is 3.66. The molecular formula is C32H38Cl2FN5O3Si. The zero-order valence-electron chi connectivity index (χ0n) is 25.6. The van der Waals surface area contributed by atoms with Crippen molar-refractivity contribution in [1.82, 2.24) is 19.3 Å². The molecule has 1 N–H and O–H groups in total. The molecule has 234 valence electrons. The smallest absolute Gasteiger partial charge is 0.334 e. The van der Waals surface area contributed by atoms with Gasteiger partial charge >= 0.3 is 5.97 Å². The Morgan fingerprint density at radius 1 is 1.16 bits per heavy atom. The highest BCUT2D eigenvalue weighted by Crippen LogP contribution is 2.41. The Balaban J connectivity index is 1.22. The SMILES string of the molecule is CC(C)(C)[Si](C)(C)OC1CCN(c2ccc(-c3cc(Cl)c4cn(C(C(=O)O)c5ncn6c5C[C@@H](F)C6)nc4c3Cl)cc2)CC1. The van der Waals surface area contributed by atoms with Gasteiger partial charge in [0.15, 0.2) is 14.4 Å². The number of halogens is 3. The van der Waals surface area contributed by atoms with E-state index in [-0.39, 0.29) is 23.7 Å². The number of fused-ring (bicyclic) bond motifs is 2. The first-order valence-corrected chi connectivity index (χ1v) is 18.7. The number of carboxylic acid groups (broad SMARTS) is 1. The molecule has 0 radical (unpaired) electrons. The third kappa shape index (κ3) is 5.66. The molecule has 0 saturated carbocycles. The number of aromatic nitrogens is 4. The summed E-state index contributed by atoms with van der Waals surface area (Å²) >= 11 is 13.6. The van der Waals surface area contributed by atoms with E-state index < -0.39 is 26.5 Å². The number of imidazole rings is 1. The Bertz CT molecular complexity index is 1710. The summed E-state index contributed by atoms with van der Waals surface area (Å²) in [6, 6.07) is 8.78. The van der Waals surface area contributed by atoms with Gasteiger partial charge in [-0.1, -0.05) is 56.1 Å². The summed E-state index contributed by atoms with van der Waals surface area (Å²) < 4.78 is 23.7. The average molecular weight is 659 g/mol. The summed E-state index contributed by atoms with van der Waals surface area (Å²) in [5.41, 5.74) is 3.95. The van der Waals surface area contributed by atoms with Crippen molar-refractivity contribution in [2.45, 2.75) is 83.0 Å². The lowest BCUT2D eigenvalue weighted by molar-refractivity contribution is -0.139. The summed E-state index contributed by atoms with van der Waals surface area (Å²) in [5.74, 6) is -1.15. The van der Waals surface area contributed by atoms with Crippen LogP contribution in [0.2, 0.25) is 28.2 Å². The van der Waals surface area contributed by atoms with Gasteiger partial charge in [0.05, 0.1) is 28.6 Å². The Labute approximate surface area is 267 Å². The number of anilines is 1. The zero-order valence-corrected chi connectivity index (χ0v) is 28.2. The molecular weight excluding hydrogens is 620 g/mol. The molecule has 0 aliphatic carbocycles. The van der Waals surface area contributed by atoms with Gasteiger partial charge in [0.25, 0.3) is 0 Å². The summed E-state index contributed by atoms with van der Waals surface area (Å²) in [7, 11) is -1.79. The van der Waals surface area contributed by atoms with Gasteiger partial charge in [0.2, 0.25) is 0 Å². The van der Waals surface area contributed by atoms with Crippen molar-refractivity contribution in [1.29, 1.82) is 0 Å². The minimum Gasteiger partial charge on any atom is -0.479 e. The topological polar surface area (TPSA) is 85.4 Å². The van der Waals surface area contributed by atoms with Crippen LogP contribution in [-0.2, 0) is 22.2 Å². The number of hydrogen-bond acceptors (Lipinski definition) is 5. The second kappa shape index (κ2) is 11.5. The van der Waals surface area contributed by atoms with Gasteiger partial charge in [-0.15, -0.1) is 0 Å². The van der Waals surface area contributed by atoms with Crippen LogP contribution in [0.25, 0.3) is 22.0 Å². The van der Waals surface area contributed by atoms with Crippen molar-refractivity contribution in [3.05, 3.63) is 64.3 Å². The predicted molar refractivity (Wildman–Crippen MR) is 175 cm³/mol. The molecule has 4 aromatic rings. The maximum atomic E-state index is 14.1. The van der Waals surface area contributed by atoms with E-state index in [4.69, 9.17) is 27.6 Å². The van der Waals surface area contributed by atoms with Crippen molar-refractivity contribution in [2.24, 2.45) is 0 Å². The first-order chi connectivity index (χ1) is 20.7. The normalized spacial score (nSPS) is 18.6. The predicted octanol–water partition coefficient (Wildman–Crippen LogP) is 7.77. The number of aliphatic carboxylic acids is 1. The second-order valence-corrected chi connectivity index (χ2v) is 19.0. The van der Waals surface area contributed by atoms with Crippen molar-refractivity contribution < 1.29 is 18.7 Å². The third-order valence-electron chi connectivity index (χ3n) is 9.50. The van der Waals surface area contributed by atoms with Crippen LogP contribution in [0.5, 0.6) is 0 Å². The highest BCUT2D eigenvalue weighted by molar-refractivity contribution is 6.74. The van der Waals surface area contributed by atoms with Gasteiger partial charge in [0.1, 0.15) is 11.7 Å². The van der Waals surface area contributed by atoms with Gasteiger partial charge in [-0.3, -0.25) is 4.68 Å².